The summed E-state index contributed by atoms with van der Waals surface area (Å²) >= 11 is 0. The predicted molar refractivity (Wildman–Crippen MR) is 31.1 cm³/mol. The molecule has 0 bridgehead atoms. The molecule has 6 heavy (non-hydrogen) atoms. The number of hydrogen-bond donors (Lipinski definition) is 1. The maximum absolute atomic E-state index is 5.05. The first-order chi connectivity index (χ1) is 2.41. The van der Waals surface area contributed by atoms with Crippen molar-refractivity contribution in [3.63, 3.8) is 0 Å². The second-order valence-corrected chi connectivity index (χ2v) is 0.805. The molecule has 0 unspecified atom stereocenters. The summed E-state index contributed by atoms with van der Waals surface area (Å²) in [6, 6.07) is 0. The van der Waals surface area contributed by atoms with Gasteiger partial charge in [-0.3, -0.25) is 0 Å². The van der Waals surface area contributed by atoms with Gasteiger partial charge >= 0.3 is 0 Å². The van der Waals surface area contributed by atoms with Gasteiger partial charge in [0, 0.05) is 6.54 Å². The Morgan fingerprint density at radius 2 is 2.17 bits per heavy atom. The van der Waals surface area contributed by atoms with E-state index >= 15 is 0 Å². The quantitative estimate of drug-likeness (QED) is 0.496. The maximum Gasteiger partial charge on any atom is 0.0106 e. The van der Waals surface area contributed by atoms with Crippen molar-refractivity contribution >= 4 is 12.4 Å². The Balaban J connectivity index is 0. The van der Waals surface area contributed by atoms with Crippen LogP contribution in [0.15, 0.2) is 12.2 Å². The van der Waals surface area contributed by atoms with Crippen LogP contribution in [0.1, 0.15) is 6.92 Å². The van der Waals surface area contributed by atoms with Crippen LogP contribution in [0.5, 0.6) is 0 Å². The van der Waals surface area contributed by atoms with Crippen LogP contribution in [-0.2, 0) is 0 Å². The molecule has 0 aromatic rings. The minimum atomic E-state index is 0. The molecule has 0 aliphatic heterocycles. The van der Waals surface area contributed by atoms with Gasteiger partial charge in [-0.25, -0.2) is 0 Å². The van der Waals surface area contributed by atoms with Crippen molar-refractivity contribution in [1.29, 1.82) is 0 Å². The van der Waals surface area contributed by atoms with Gasteiger partial charge in [0.2, 0.25) is 0 Å². The van der Waals surface area contributed by atoms with Crippen molar-refractivity contribution in [3.8, 4) is 0 Å². The van der Waals surface area contributed by atoms with Crippen LogP contribution >= 0.6 is 12.4 Å². The van der Waals surface area contributed by atoms with Gasteiger partial charge in [-0.1, -0.05) is 12.2 Å². The van der Waals surface area contributed by atoms with Crippen molar-refractivity contribution in [2.24, 2.45) is 5.73 Å². The van der Waals surface area contributed by atoms with Gasteiger partial charge in [-0.05, 0) is 6.92 Å². The molecule has 0 atom stereocenters. The van der Waals surface area contributed by atoms with E-state index in [2.05, 4.69) is 0 Å². The SMILES string of the molecule is C/C=C\CN.Cl. The minimum absolute atomic E-state index is 0. The van der Waals surface area contributed by atoms with E-state index in [4.69, 9.17) is 5.73 Å². The summed E-state index contributed by atoms with van der Waals surface area (Å²) in [4.78, 5) is 0. The second kappa shape index (κ2) is 8.89. The molecule has 0 aromatic heterocycles. The molecule has 0 amide bonds. The van der Waals surface area contributed by atoms with Crippen LogP contribution in [0.4, 0.5) is 0 Å². The molecule has 0 radical (unpaired) electrons. The lowest BCUT2D eigenvalue weighted by Gasteiger charge is -1.67. The molecular formula is C4H10ClN. The van der Waals surface area contributed by atoms with Crippen molar-refractivity contribution in [1.82, 2.24) is 0 Å². The van der Waals surface area contributed by atoms with Gasteiger partial charge in [0.1, 0.15) is 0 Å². The summed E-state index contributed by atoms with van der Waals surface area (Å²) in [5, 5.41) is 0. The topological polar surface area (TPSA) is 26.0 Å². The third-order valence-electron chi connectivity index (χ3n) is 0.372. The van der Waals surface area contributed by atoms with Crippen molar-refractivity contribution in [3.05, 3.63) is 12.2 Å². The summed E-state index contributed by atoms with van der Waals surface area (Å²) in [6.07, 6.45) is 3.83. The Labute approximate surface area is 44.6 Å². The van der Waals surface area contributed by atoms with E-state index in [9.17, 15) is 0 Å². The van der Waals surface area contributed by atoms with Crippen LogP contribution in [0.25, 0.3) is 0 Å². The van der Waals surface area contributed by atoms with E-state index in [0.29, 0.717) is 6.54 Å². The lowest BCUT2D eigenvalue weighted by atomic mass is 10.5. The Kier molecular flexibility index (Phi) is 13.9. The van der Waals surface area contributed by atoms with Crippen molar-refractivity contribution < 1.29 is 0 Å². The fourth-order valence-electron chi connectivity index (χ4n) is 0.136. The molecule has 1 nitrogen and oxygen atoms in total. The standard InChI is InChI=1S/C4H9N.ClH/c1-2-3-4-5;/h2-3H,4-5H2,1H3;1H/b3-2-;. The van der Waals surface area contributed by atoms with Gasteiger partial charge < -0.3 is 5.73 Å². The van der Waals surface area contributed by atoms with E-state index in [0.717, 1.165) is 0 Å². The average Bonchev–Trinajstić information content (AvgIpc) is 1.41. The Hall–Kier alpha value is -0.0100. The third-order valence-corrected chi connectivity index (χ3v) is 0.372. The average molecular weight is 108 g/mol. The summed E-state index contributed by atoms with van der Waals surface area (Å²) < 4.78 is 0. The first kappa shape index (κ1) is 9.37. The third kappa shape index (κ3) is 9.01. The molecule has 0 saturated heterocycles. The van der Waals surface area contributed by atoms with Gasteiger partial charge in [-0.2, -0.15) is 0 Å². The number of allylic oxidation sites excluding steroid dienone is 1. The van der Waals surface area contributed by atoms with E-state index in [1.54, 1.807) is 0 Å². The number of rotatable bonds is 1. The number of hydrogen-bond acceptors (Lipinski definition) is 1. The highest BCUT2D eigenvalue weighted by molar-refractivity contribution is 5.85. The highest BCUT2D eigenvalue weighted by Gasteiger charge is 1.51. The molecule has 0 aliphatic carbocycles. The predicted octanol–water partition coefficient (Wildman–Crippen LogP) is 0.943. The normalized spacial score (nSPS) is 8.33. The molecule has 0 fully saturated rings. The summed E-state index contributed by atoms with van der Waals surface area (Å²) in [6.45, 7) is 2.61. The number of halogens is 1. The summed E-state index contributed by atoms with van der Waals surface area (Å²) in [7, 11) is 0. The van der Waals surface area contributed by atoms with Gasteiger partial charge in [-0.15, -0.1) is 12.4 Å². The lowest BCUT2D eigenvalue weighted by Crippen LogP contribution is -1.90. The fourth-order valence-corrected chi connectivity index (χ4v) is 0.136. The van der Waals surface area contributed by atoms with Crippen LogP contribution in [0.2, 0.25) is 0 Å². The van der Waals surface area contributed by atoms with E-state index < -0.39 is 0 Å². The number of nitrogens with two attached hydrogens (primary N) is 1. The molecule has 0 aromatic carbocycles. The van der Waals surface area contributed by atoms with Gasteiger partial charge in [0.25, 0.3) is 0 Å². The van der Waals surface area contributed by atoms with Crippen LogP contribution in [0, 0.1) is 0 Å². The molecule has 0 spiro atoms. The van der Waals surface area contributed by atoms with Crippen molar-refractivity contribution in [2.45, 2.75) is 6.92 Å². The second-order valence-electron chi connectivity index (χ2n) is 0.805. The molecule has 2 N–H and O–H groups in total. The van der Waals surface area contributed by atoms with Gasteiger partial charge in [0.05, 0.1) is 0 Å². The molecule has 0 heterocycles. The molecule has 0 rings (SSSR count). The Bertz CT molecular complexity index is 34.5. The maximum atomic E-state index is 5.05. The highest BCUT2D eigenvalue weighted by atomic mass is 35.5. The van der Waals surface area contributed by atoms with E-state index in [1.165, 1.54) is 0 Å². The zero-order chi connectivity index (χ0) is 4.12. The largest absolute Gasteiger partial charge is 0.327 e. The zero-order valence-electron chi connectivity index (χ0n) is 3.85. The monoisotopic (exact) mass is 107 g/mol. The Morgan fingerprint density at radius 1 is 1.67 bits per heavy atom. The molecule has 0 saturated carbocycles. The summed E-state index contributed by atoms with van der Waals surface area (Å²) in [5.74, 6) is 0. The molecule has 0 aliphatic rings. The highest BCUT2D eigenvalue weighted by Crippen LogP contribution is 1.57. The smallest absolute Gasteiger partial charge is 0.0106 e. The van der Waals surface area contributed by atoms with Crippen LogP contribution < -0.4 is 5.73 Å². The first-order valence-electron chi connectivity index (χ1n) is 1.73. The minimum Gasteiger partial charge on any atom is -0.327 e. The van der Waals surface area contributed by atoms with Gasteiger partial charge in [0.15, 0.2) is 0 Å². The lowest BCUT2D eigenvalue weighted by molar-refractivity contribution is 1.25. The fraction of sp³-hybridized carbons (Fsp3) is 0.500. The van der Waals surface area contributed by atoms with E-state index in [1.807, 2.05) is 19.1 Å². The molecular weight excluding hydrogens is 97.5 g/mol. The van der Waals surface area contributed by atoms with Crippen molar-refractivity contribution in [2.75, 3.05) is 6.54 Å². The molecule has 38 valence electrons. The van der Waals surface area contributed by atoms with E-state index in [-0.39, 0.29) is 12.4 Å². The van der Waals surface area contributed by atoms with Crippen LogP contribution in [0.3, 0.4) is 0 Å². The van der Waals surface area contributed by atoms with Crippen LogP contribution in [-0.4, -0.2) is 6.54 Å². The molecule has 2 heteroatoms. The summed E-state index contributed by atoms with van der Waals surface area (Å²) in [5.41, 5.74) is 5.05. The Morgan fingerprint density at radius 3 is 2.17 bits per heavy atom. The first-order valence-corrected chi connectivity index (χ1v) is 1.73. The zero-order valence-corrected chi connectivity index (χ0v) is 4.66.